The molecule has 72 valence electrons. The summed E-state index contributed by atoms with van der Waals surface area (Å²) in [6, 6.07) is 7.74. The molecule has 2 N–H and O–H groups in total. The monoisotopic (exact) mass is 199 g/mol. The first kappa shape index (κ1) is 10.5. The SMILES string of the molecule is CC(C)c1cccc([C@H](O)NCl)c1. The van der Waals surface area contributed by atoms with Crippen LogP contribution in [0, 0.1) is 0 Å². The van der Waals surface area contributed by atoms with Gasteiger partial charge in [0.05, 0.1) is 0 Å². The van der Waals surface area contributed by atoms with Crippen molar-refractivity contribution in [2.24, 2.45) is 0 Å². The summed E-state index contributed by atoms with van der Waals surface area (Å²) in [5.41, 5.74) is 1.99. The molecule has 13 heavy (non-hydrogen) atoms. The number of benzene rings is 1. The van der Waals surface area contributed by atoms with Crippen molar-refractivity contribution in [3.05, 3.63) is 35.4 Å². The van der Waals surface area contributed by atoms with E-state index in [1.165, 1.54) is 5.56 Å². The van der Waals surface area contributed by atoms with Gasteiger partial charge in [0.25, 0.3) is 0 Å². The van der Waals surface area contributed by atoms with Crippen molar-refractivity contribution in [3.63, 3.8) is 0 Å². The van der Waals surface area contributed by atoms with Gasteiger partial charge in [-0.25, -0.2) is 4.84 Å². The molecular formula is C10H14ClNO. The standard InChI is InChI=1S/C10H14ClNO/c1-7(2)8-4-3-5-9(6-8)10(13)12-11/h3-7,10,12-13H,1-2H3/t10-/m0/s1. The third-order valence-corrected chi connectivity index (χ3v) is 2.20. The van der Waals surface area contributed by atoms with Gasteiger partial charge in [-0.15, -0.1) is 0 Å². The van der Waals surface area contributed by atoms with E-state index < -0.39 is 6.23 Å². The van der Waals surface area contributed by atoms with Crippen LogP contribution >= 0.6 is 11.8 Å². The third-order valence-electron chi connectivity index (χ3n) is 2.00. The van der Waals surface area contributed by atoms with Crippen LogP contribution in [0.2, 0.25) is 0 Å². The molecule has 0 unspecified atom stereocenters. The van der Waals surface area contributed by atoms with E-state index in [1.807, 2.05) is 24.3 Å². The highest BCUT2D eigenvalue weighted by Crippen LogP contribution is 2.18. The number of halogens is 1. The fourth-order valence-electron chi connectivity index (χ4n) is 1.15. The van der Waals surface area contributed by atoms with E-state index in [9.17, 15) is 5.11 Å². The summed E-state index contributed by atoms with van der Waals surface area (Å²) in [5.74, 6) is 0.461. The molecule has 0 heterocycles. The van der Waals surface area contributed by atoms with Gasteiger partial charge in [-0.1, -0.05) is 38.1 Å². The van der Waals surface area contributed by atoms with Crippen LogP contribution in [0.5, 0.6) is 0 Å². The zero-order valence-corrected chi connectivity index (χ0v) is 8.55. The Morgan fingerprint density at radius 2 is 1.92 bits per heavy atom. The molecule has 1 aromatic rings. The van der Waals surface area contributed by atoms with Gasteiger partial charge in [0, 0.05) is 0 Å². The topological polar surface area (TPSA) is 32.3 Å². The van der Waals surface area contributed by atoms with Crippen molar-refractivity contribution in [2.45, 2.75) is 26.0 Å². The summed E-state index contributed by atoms with van der Waals surface area (Å²) in [6.07, 6.45) is -0.791. The molecule has 0 bridgehead atoms. The van der Waals surface area contributed by atoms with Gasteiger partial charge in [-0.2, -0.15) is 0 Å². The maximum Gasteiger partial charge on any atom is 0.143 e. The summed E-state index contributed by atoms with van der Waals surface area (Å²) in [5, 5.41) is 9.39. The van der Waals surface area contributed by atoms with Crippen molar-refractivity contribution in [1.82, 2.24) is 4.84 Å². The summed E-state index contributed by atoms with van der Waals surface area (Å²) in [7, 11) is 0. The summed E-state index contributed by atoms with van der Waals surface area (Å²) in [6.45, 7) is 4.22. The molecular weight excluding hydrogens is 186 g/mol. The molecule has 0 fully saturated rings. The van der Waals surface area contributed by atoms with Gasteiger partial charge >= 0.3 is 0 Å². The first-order chi connectivity index (χ1) is 6.15. The Kier molecular flexibility index (Phi) is 3.72. The molecule has 0 saturated heterocycles. The summed E-state index contributed by atoms with van der Waals surface area (Å²) in [4.78, 5) is 2.28. The fraction of sp³-hybridized carbons (Fsp3) is 0.400. The Balaban J connectivity index is 2.91. The highest BCUT2D eigenvalue weighted by atomic mass is 35.5. The summed E-state index contributed by atoms with van der Waals surface area (Å²) >= 11 is 5.32. The molecule has 0 spiro atoms. The number of aliphatic hydroxyl groups is 1. The predicted molar refractivity (Wildman–Crippen MR) is 54.5 cm³/mol. The molecule has 0 amide bonds. The largest absolute Gasteiger partial charge is 0.373 e. The van der Waals surface area contributed by atoms with E-state index >= 15 is 0 Å². The van der Waals surface area contributed by atoms with Crippen molar-refractivity contribution in [1.29, 1.82) is 0 Å². The molecule has 1 rings (SSSR count). The number of hydrogen-bond acceptors (Lipinski definition) is 2. The highest BCUT2D eigenvalue weighted by molar-refractivity contribution is 6.13. The quantitative estimate of drug-likeness (QED) is 0.579. The highest BCUT2D eigenvalue weighted by Gasteiger charge is 2.06. The molecule has 2 nitrogen and oxygen atoms in total. The lowest BCUT2D eigenvalue weighted by Crippen LogP contribution is -2.10. The second kappa shape index (κ2) is 4.61. The number of rotatable bonds is 3. The Bertz CT molecular complexity index is 275. The van der Waals surface area contributed by atoms with Gasteiger partial charge in [0.1, 0.15) is 6.23 Å². The third kappa shape index (κ3) is 2.69. The van der Waals surface area contributed by atoms with Crippen molar-refractivity contribution in [2.75, 3.05) is 0 Å². The number of hydrogen-bond donors (Lipinski definition) is 2. The van der Waals surface area contributed by atoms with Crippen LogP contribution in [0.3, 0.4) is 0 Å². The molecule has 0 radical (unpaired) electrons. The average molecular weight is 200 g/mol. The van der Waals surface area contributed by atoms with Crippen LogP contribution in [0.15, 0.2) is 24.3 Å². The van der Waals surface area contributed by atoms with Crippen LogP contribution in [0.1, 0.15) is 37.1 Å². The van der Waals surface area contributed by atoms with Gasteiger partial charge in [0.2, 0.25) is 0 Å². The van der Waals surface area contributed by atoms with Gasteiger partial charge in [-0.3, -0.25) is 0 Å². The van der Waals surface area contributed by atoms with Crippen LogP contribution in [0.25, 0.3) is 0 Å². The zero-order chi connectivity index (χ0) is 9.84. The summed E-state index contributed by atoms with van der Waals surface area (Å²) < 4.78 is 0. The maximum atomic E-state index is 9.39. The first-order valence-corrected chi connectivity index (χ1v) is 4.67. The first-order valence-electron chi connectivity index (χ1n) is 4.29. The van der Waals surface area contributed by atoms with Crippen molar-refractivity contribution < 1.29 is 5.11 Å². The van der Waals surface area contributed by atoms with Crippen LogP contribution in [0.4, 0.5) is 0 Å². The molecule has 0 aliphatic heterocycles. The zero-order valence-electron chi connectivity index (χ0n) is 7.79. The molecule has 0 aromatic heterocycles. The molecule has 0 aliphatic carbocycles. The van der Waals surface area contributed by atoms with E-state index in [0.717, 1.165) is 5.56 Å². The number of aliphatic hydroxyl groups excluding tert-OH is 1. The lowest BCUT2D eigenvalue weighted by Gasteiger charge is -2.11. The van der Waals surface area contributed by atoms with E-state index in [0.29, 0.717) is 5.92 Å². The Morgan fingerprint density at radius 3 is 2.46 bits per heavy atom. The number of nitrogens with one attached hydrogen (secondary N) is 1. The normalized spacial score (nSPS) is 13.3. The maximum absolute atomic E-state index is 9.39. The van der Waals surface area contributed by atoms with E-state index in [-0.39, 0.29) is 0 Å². The Morgan fingerprint density at radius 1 is 1.31 bits per heavy atom. The molecule has 1 atom stereocenters. The Hall–Kier alpha value is -0.570. The minimum atomic E-state index is -0.791. The van der Waals surface area contributed by atoms with Gasteiger partial charge in [0.15, 0.2) is 0 Å². The smallest absolute Gasteiger partial charge is 0.143 e. The van der Waals surface area contributed by atoms with Crippen LogP contribution in [-0.4, -0.2) is 5.11 Å². The lowest BCUT2D eigenvalue weighted by molar-refractivity contribution is 0.168. The Labute approximate surface area is 83.7 Å². The fourth-order valence-corrected chi connectivity index (χ4v) is 1.28. The van der Waals surface area contributed by atoms with Crippen LogP contribution < -0.4 is 4.84 Å². The van der Waals surface area contributed by atoms with E-state index in [1.54, 1.807) is 0 Å². The second-order valence-corrected chi connectivity index (χ2v) is 3.55. The lowest BCUT2D eigenvalue weighted by atomic mass is 10.0. The molecule has 0 aliphatic rings. The van der Waals surface area contributed by atoms with Crippen molar-refractivity contribution in [3.8, 4) is 0 Å². The molecule has 0 saturated carbocycles. The van der Waals surface area contributed by atoms with E-state index in [4.69, 9.17) is 11.8 Å². The average Bonchev–Trinajstić information content (AvgIpc) is 2.17. The minimum absolute atomic E-state index is 0.461. The molecule has 3 heteroatoms. The van der Waals surface area contributed by atoms with Crippen LogP contribution in [-0.2, 0) is 0 Å². The van der Waals surface area contributed by atoms with Crippen molar-refractivity contribution >= 4 is 11.8 Å². The predicted octanol–water partition coefficient (Wildman–Crippen LogP) is 2.54. The molecule has 1 aromatic carbocycles. The van der Waals surface area contributed by atoms with E-state index in [2.05, 4.69) is 18.7 Å². The van der Waals surface area contributed by atoms with Gasteiger partial charge < -0.3 is 5.11 Å². The van der Waals surface area contributed by atoms with Gasteiger partial charge in [-0.05, 0) is 28.8 Å². The second-order valence-electron chi connectivity index (χ2n) is 3.34. The minimum Gasteiger partial charge on any atom is -0.373 e.